The fourth-order valence-electron chi connectivity index (χ4n) is 2.58. The van der Waals surface area contributed by atoms with Crippen LogP contribution in [0.4, 0.5) is 0 Å². The molecular weight excluding hydrogens is 292 g/mol. The van der Waals surface area contributed by atoms with E-state index in [1.54, 1.807) is 0 Å². The highest BCUT2D eigenvalue weighted by Gasteiger charge is 2.27. The van der Waals surface area contributed by atoms with E-state index in [0.29, 0.717) is 24.7 Å². The van der Waals surface area contributed by atoms with E-state index in [-0.39, 0.29) is 13.2 Å². The average molecular weight is 314 g/mol. The minimum atomic E-state index is -3.37. The van der Waals surface area contributed by atoms with E-state index < -0.39 is 20.2 Å². The maximum Gasteiger partial charge on any atom is 0.264 e. The zero-order valence-electron chi connectivity index (χ0n) is 11.4. The van der Waals surface area contributed by atoms with Crippen LogP contribution in [0.1, 0.15) is 32.1 Å². The van der Waals surface area contributed by atoms with Crippen molar-refractivity contribution in [1.29, 1.82) is 0 Å². The Balaban J connectivity index is 2.29. The Bertz CT molecular complexity index is 423. The average Bonchev–Trinajstić information content (AvgIpc) is 2.62. The fraction of sp³-hybridized carbons (Fsp3) is 1.00. The number of hydrogen-bond donors (Lipinski definition) is 0. The summed E-state index contributed by atoms with van der Waals surface area (Å²) in [6, 6.07) is 0. The molecule has 0 amide bonds. The summed E-state index contributed by atoms with van der Waals surface area (Å²) in [5.74, 6) is 0.787. The Labute approximate surface area is 115 Å². The molecule has 1 aliphatic rings. The Morgan fingerprint density at radius 1 is 0.842 bits per heavy atom. The summed E-state index contributed by atoms with van der Waals surface area (Å²) >= 11 is 0. The van der Waals surface area contributed by atoms with Gasteiger partial charge in [-0.2, -0.15) is 16.8 Å². The molecule has 0 unspecified atom stereocenters. The first-order chi connectivity index (χ1) is 8.67. The van der Waals surface area contributed by atoms with Crippen molar-refractivity contribution in [1.82, 2.24) is 0 Å². The molecule has 0 N–H and O–H groups in total. The van der Waals surface area contributed by atoms with E-state index in [9.17, 15) is 16.8 Å². The fourth-order valence-corrected chi connectivity index (χ4v) is 3.37. The molecule has 0 bridgehead atoms. The van der Waals surface area contributed by atoms with Crippen molar-refractivity contribution in [3.8, 4) is 0 Å². The predicted molar refractivity (Wildman–Crippen MR) is 71.7 cm³/mol. The first kappa shape index (κ1) is 16.9. The quantitative estimate of drug-likeness (QED) is 0.624. The summed E-state index contributed by atoms with van der Waals surface area (Å²) in [6.45, 7) is 0.403. The van der Waals surface area contributed by atoms with Crippen LogP contribution in [0, 0.1) is 11.8 Å². The van der Waals surface area contributed by atoms with Crippen molar-refractivity contribution in [2.75, 3.05) is 25.7 Å². The number of rotatable bonds is 8. The van der Waals surface area contributed by atoms with E-state index in [0.717, 1.165) is 31.8 Å². The molecule has 1 rings (SSSR count). The second-order valence-corrected chi connectivity index (χ2v) is 8.37. The van der Waals surface area contributed by atoms with Gasteiger partial charge in [-0.25, -0.2) is 0 Å². The van der Waals surface area contributed by atoms with Crippen LogP contribution in [0.3, 0.4) is 0 Å². The SMILES string of the molecule is CS(=O)(=O)OCC[C@H]1CCC[C@H]1CCOS(C)(=O)=O. The molecule has 2 atom stereocenters. The van der Waals surface area contributed by atoms with Gasteiger partial charge in [0, 0.05) is 0 Å². The van der Waals surface area contributed by atoms with Gasteiger partial charge in [-0.05, 0) is 24.7 Å². The van der Waals surface area contributed by atoms with Gasteiger partial charge in [0.15, 0.2) is 0 Å². The van der Waals surface area contributed by atoms with E-state index in [4.69, 9.17) is 8.37 Å². The summed E-state index contributed by atoms with van der Waals surface area (Å²) in [4.78, 5) is 0. The Morgan fingerprint density at radius 3 is 1.53 bits per heavy atom. The lowest BCUT2D eigenvalue weighted by Crippen LogP contribution is -2.15. The third kappa shape index (κ3) is 7.86. The molecule has 6 nitrogen and oxygen atoms in total. The van der Waals surface area contributed by atoms with Crippen LogP contribution in [-0.2, 0) is 28.6 Å². The largest absolute Gasteiger partial charge is 0.270 e. The number of hydrogen-bond acceptors (Lipinski definition) is 6. The van der Waals surface area contributed by atoms with Gasteiger partial charge in [-0.1, -0.05) is 19.3 Å². The normalized spacial score (nSPS) is 24.7. The molecule has 0 aromatic carbocycles. The van der Waals surface area contributed by atoms with Gasteiger partial charge in [0.25, 0.3) is 20.2 Å². The van der Waals surface area contributed by atoms with Crippen molar-refractivity contribution >= 4 is 20.2 Å². The molecular formula is C11H22O6S2. The summed E-state index contributed by atoms with van der Waals surface area (Å²) < 4.78 is 52.9. The van der Waals surface area contributed by atoms with Gasteiger partial charge in [0.05, 0.1) is 25.7 Å². The van der Waals surface area contributed by atoms with Crippen LogP contribution < -0.4 is 0 Å². The smallest absolute Gasteiger partial charge is 0.264 e. The molecule has 0 saturated heterocycles. The zero-order chi connectivity index (χ0) is 14.5. The van der Waals surface area contributed by atoms with Crippen molar-refractivity contribution in [3.05, 3.63) is 0 Å². The third-order valence-corrected chi connectivity index (χ3v) is 4.58. The topological polar surface area (TPSA) is 86.7 Å². The van der Waals surface area contributed by atoms with Gasteiger partial charge in [-0.3, -0.25) is 8.37 Å². The lowest BCUT2D eigenvalue weighted by atomic mass is 9.91. The highest BCUT2D eigenvalue weighted by molar-refractivity contribution is 7.86. The maximum atomic E-state index is 10.9. The van der Waals surface area contributed by atoms with Gasteiger partial charge in [0.1, 0.15) is 0 Å². The molecule has 0 aromatic heterocycles. The third-order valence-electron chi connectivity index (χ3n) is 3.39. The molecule has 0 aliphatic heterocycles. The van der Waals surface area contributed by atoms with Gasteiger partial charge in [0.2, 0.25) is 0 Å². The maximum absolute atomic E-state index is 10.9. The van der Waals surface area contributed by atoms with Crippen LogP contribution >= 0.6 is 0 Å². The van der Waals surface area contributed by atoms with E-state index in [1.165, 1.54) is 0 Å². The van der Waals surface area contributed by atoms with Crippen LogP contribution in [0.25, 0.3) is 0 Å². The molecule has 1 saturated carbocycles. The van der Waals surface area contributed by atoms with Crippen molar-refractivity contribution < 1.29 is 25.2 Å². The van der Waals surface area contributed by atoms with E-state index >= 15 is 0 Å². The summed E-state index contributed by atoms with van der Waals surface area (Å²) in [7, 11) is -6.75. The molecule has 8 heteroatoms. The van der Waals surface area contributed by atoms with E-state index in [1.807, 2.05) is 0 Å². The molecule has 114 valence electrons. The Kier molecular flexibility index (Phi) is 6.22. The van der Waals surface area contributed by atoms with E-state index in [2.05, 4.69) is 0 Å². The standard InChI is InChI=1S/C11H22O6S2/c1-18(12,13)16-8-6-10-4-3-5-11(10)7-9-17-19(2,14)15/h10-11H,3-9H2,1-2H3/t10-,11+. The van der Waals surface area contributed by atoms with Crippen molar-refractivity contribution in [3.63, 3.8) is 0 Å². The highest BCUT2D eigenvalue weighted by atomic mass is 32.2. The minimum absolute atomic E-state index is 0.201. The summed E-state index contributed by atoms with van der Waals surface area (Å²) in [5.41, 5.74) is 0. The van der Waals surface area contributed by atoms with Crippen LogP contribution in [0.5, 0.6) is 0 Å². The second kappa shape index (κ2) is 7.01. The monoisotopic (exact) mass is 314 g/mol. The van der Waals surface area contributed by atoms with Gasteiger partial charge in [-0.15, -0.1) is 0 Å². The molecule has 0 radical (unpaired) electrons. The van der Waals surface area contributed by atoms with Gasteiger partial charge >= 0.3 is 0 Å². The molecule has 0 aromatic rings. The van der Waals surface area contributed by atoms with Crippen LogP contribution in [-0.4, -0.2) is 42.6 Å². The zero-order valence-corrected chi connectivity index (χ0v) is 13.0. The Morgan fingerprint density at radius 2 is 1.21 bits per heavy atom. The van der Waals surface area contributed by atoms with Crippen molar-refractivity contribution in [2.24, 2.45) is 11.8 Å². The van der Waals surface area contributed by atoms with Crippen molar-refractivity contribution in [2.45, 2.75) is 32.1 Å². The minimum Gasteiger partial charge on any atom is -0.270 e. The summed E-state index contributed by atoms with van der Waals surface area (Å²) in [5, 5.41) is 0. The summed E-state index contributed by atoms with van der Waals surface area (Å²) in [6.07, 6.45) is 6.63. The molecule has 0 heterocycles. The highest BCUT2D eigenvalue weighted by Crippen LogP contribution is 2.36. The second-order valence-electron chi connectivity index (χ2n) is 5.08. The van der Waals surface area contributed by atoms with Gasteiger partial charge < -0.3 is 0 Å². The molecule has 0 spiro atoms. The van der Waals surface area contributed by atoms with Crippen LogP contribution in [0.15, 0.2) is 0 Å². The lowest BCUT2D eigenvalue weighted by Gasteiger charge is -2.18. The first-order valence-corrected chi connectivity index (χ1v) is 9.99. The predicted octanol–water partition coefficient (Wildman–Crippen LogP) is 1.14. The molecule has 1 fully saturated rings. The first-order valence-electron chi connectivity index (χ1n) is 6.36. The van der Waals surface area contributed by atoms with Crippen LogP contribution in [0.2, 0.25) is 0 Å². The molecule has 1 aliphatic carbocycles. The molecule has 19 heavy (non-hydrogen) atoms. The lowest BCUT2D eigenvalue weighted by molar-refractivity contribution is 0.223. The Hall–Kier alpha value is -0.180.